The maximum atomic E-state index is 12.3. The number of amides is 2. The maximum Gasteiger partial charge on any atom is 0.251 e. The molecule has 0 unspecified atom stereocenters. The Labute approximate surface area is 183 Å². The SMILES string of the molecule is Cl.Cn1nc(C2CCNCC2)nc1NC(=O)CNC(=O)c1ccc(C(C)(C)C)cc1. The van der Waals surface area contributed by atoms with E-state index in [0.29, 0.717) is 17.4 Å². The second-order valence-corrected chi connectivity index (χ2v) is 8.50. The van der Waals surface area contributed by atoms with E-state index in [4.69, 9.17) is 0 Å². The molecule has 2 amide bonds. The Hall–Kier alpha value is -2.45. The van der Waals surface area contributed by atoms with E-state index < -0.39 is 0 Å². The molecule has 1 fully saturated rings. The number of halogens is 1. The van der Waals surface area contributed by atoms with Gasteiger partial charge in [-0.2, -0.15) is 10.1 Å². The lowest BCUT2D eigenvalue weighted by Gasteiger charge is -2.19. The highest BCUT2D eigenvalue weighted by atomic mass is 35.5. The van der Waals surface area contributed by atoms with Crippen LogP contribution in [0, 0.1) is 0 Å². The highest BCUT2D eigenvalue weighted by molar-refractivity contribution is 5.98. The zero-order valence-corrected chi connectivity index (χ0v) is 18.8. The van der Waals surface area contributed by atoms with Gasteiger partial charge < -0.3 is 10.6 Å². The van der Waals surface area contributed by atoms with Gasteiger partial charge in [0.25, 0.3) is 5.91 Å². The van der Waals surface area contributed by atoms with E-state index >= 15 is 0 Å². The Kier molecular flexibility index (Phi) is 7.97. The summed E-state index contributed by atoms with van der Waals surface area (Å²) in [7, 11) is 1.75. The second kappa shape index (κ2) is 10.0. The van der Waals surface area contributed by atoms with Crippen LogP contribution in [0.25, 0.3) is 0 Å². The molecule has 0 saturated carbocycles. The van der Waals surface area contributed by atoms with Crippen LogP contribution in [0.1, 0.15) is 61.3 Å². The van der Waals surface area contributed by atoms with Crippen molar-refractivity contribution in [1.29, 1.82) is 0 Å². The van der Waals surface area contributed by atoms with Crippen molar-refractivity contribution in [3.63, 3.8) is 0 Å². The Morgan fingerprint density at radius 1 is 1.17 bits per heavy atom. The van der Waals surface area contributed by atoms with Gasteiger partial charge in [0.15, 0.2) is 5.82 Å². The second-order valence-electron chi connectivity index (χ2n) is 8.50. The van der Waals surface area contributed by atoms with Crippen LogP contribution in [0.3, 0.4) is 0 Å². The molecular weight excluding hydrogens is 404 g/mol. The van der Waals surface area contributed by atoms with Crippen molar-refractivity contribution in [2.75, 3.05) is 25.0 Å². The quantitative estimate of drug-likeness (QED) is 0.670. The molecule has 1 saturated heterocycles. The molecule has 3 N–H and O–H groups in total. The molecule has 9 heteroatoms. The minimum absolute atomic E-state index is 0. The third kappa shape index (κ3) is 6.03. The van der Waals surface area contributed by atoms with Crippen LogP contribution in [0.5, 0.6) is 0 Å². The standard InChI is InChI=1S/C21H30N6O2.ClH/c1-21(2,3)16-7-5-15(6-8-16)19(29)23-13-17(28)24-20-25-18(26-27(20)4)14-9-11-22-12-10-14;/h5-8,14,22H,9-13H2,1-4H3,(H,23,29)(H,24,25,26,28);1H. The van der Waals surface area contributed by atoms with Crippen molar-refractivity contribution in [3.8, 4) is 0 Å². The highest BCUT2D eigenvalue weighted by Gasteiger charge is 2.21. The number of carbonyl (C=O) groups is 2. The van der Waals surface area contributed by atoms with E-state index in [9.17, 15) is 9.59 Å². The summed E-state index contributed by atoms with van der Waals surface area (Å²) in [5, 5.41) is 13.1. The first kappa shape index (κ1) is 23.8. The number of piperidine rings is 1. The topological polar surface area (TPSA) is 101 Å². The van der Waals surface area contributed by atoms with Crippen molar-refractivity contribution < 1.29 is 9.59 Å². The summed E-state index contributed by atoms with van der Waals surface area (Å²) < 4.78 is 1.57. The zero-order chi connectivity index (χ0) is 21.0. The lowest BCUT2D eigenvalue weighted by atomic mass is 9.87. The molecule has 164 valence electrons. The van der Waals surface area contributed by atoms with Gasteiger partial charge in [0, 0.05) is 18.5 Å². The van der Waals surface area contributed by atoms with Gasteiger partial charge in [-0.3, -0.25) is 14.9 Å². The van der Waals surface area contributed by atoms with Crippen LogP contribution in [-0.4, -0.2) is 46.2 Å². The molecule has 0 radical (unpaired) electrons. The van der Waals surface area contributed by atoms with Crippen LogP contribution >= 0.6 is 12.4 Å². The molecule has 0 atom stereocenters. The normalized spacial score (nSPS) is 14.7. The van der Waals surface area contributed by atoms with Gasteiger partial charge in [-0.1, -0.05) is 32.9 Å². The minimum Gasteiger partial charge on any atom is -0.343 e. The van der Waals surface area contributed by atoms with Crippen molar-refractivity contribution in [2.24, 2.45) is 7.05 Å². The number of rotatable bonds is 5. The summed E-state index contributed by atoms with van der Waals surface area (Å²) >= 11 is 0. The molecule has 0 bridgehead atoms. The molecule has 1 aliphatic heterocycles. The number of hydrogen-bond acceptors (Lipinski definition) is 5. The van der Waals surface area contributed by atoms with Crippen LogP contribution in [0.4, 0.5) is 5.95 Å². The number of aryl methyl sites for hydroxylation is 1. The predicted molar refractivity (Wildman–Crippen MR) is 119 cm³/mol. The molecule has 0 aliphatic carbocycles. The highest BCUT2D eigenvalue weighted by Crippen LogP contribution is 2.23. The van der Waals surface area contributed by atoms with E-state index in [1.807, 2.05) is 12.1 Å². The average Bonchev–Trinajstić information content (AvgIpc) is 3.06. The number of carbonyl (C=O) groups excluding carboxylic acids is 2. The fourth-order valence-electron chi connectivity index (χ4n) is 3.32. The van der Waals surface area contributed by atoms with Crippen LogP contribution < -0.4 is 16.0 Å². The van der Waals surface area contributed by atoms with Crippen molar-refractivity contribution in [2.45, 2.75) is 44.9 Å². The number of aromatic nitrogens is 3. The predicted octanol–water partition coefficient (Wildman–Crippen LogP) is 2.37. The van der Waals surface area contributed by atoms with E-state index in [1.165, 1.54) is 0 Å². The molecule has 3 rings (SSSR count). The first-order valence-electron chi connectivity index (χ1n) is 10.0. The summed E-state index contributed by atoms with van der Waals surface area (Å²) in [4.78, 5) is 29.0. The van der Waals surface area contributed by atoms with Crippen LogP contribution in [0.15, 0.2) is 24.3 Å². The molecule has 8 nitrogen and oxygen atoms in total. The summed E-state index contributed by atoms with van der Waals surface area (Å²) in [6, 6.07) is 7.44. The largest absolute Gasteiger partial charge is 0.343 e. The molecule has 30 heavy (non-hydrogen) atoms. The Bertz CT molecular complexity index is 867. The summed E-state index contributed by atoms with van der Waals surface area (Å²) in [5.74, 6) is 0.842. The molecule has 1 aliphatic rings. The van der Waals surface area contributed by atoms with Crippen LogP contribution in [-0.2, 0) is 17.3 Å². The molecule has 0 spiro atoms. The lowest BCUT2D eigenvalue weighted by Crippen LogP contribution is -2.33. The number of anilines is 1. The Morgan fingerprint density at radius 2 is 1.80 bits per heavy atom. The fourth-order valence-corrected chi connectivity index (χ4v) is 3.32. The maximum absolute atomic E-state index is 12.3. The zero-order valence-electron chi connectivity index (χ0n) is 18.0. The van der Waals surface area contributed by atoms with Gasteiger partial charge >= 0.3 is 0 Å². The number of benzene rings is 1. The Morgan fingerprint density at radius 3 is 2.40 bits per heavy atom. The number of nitrogens with one attached hydrogen (secondary N) is 3. The lowest BCUT2D eigenvalue weighted by molar-refractivity contribution is -0.115. The third-order valence-corrected chi connectivity index (χ3v) is 5.16. The van der Waals surface area contributed by atoms with E-state index in [1.54, 1.807) is 23.9 Å². The van der Waals surface area contributed by atoms with Gasteiger partial charge in [-0.15, -0.1) is 12.4 Å². The average molecular weight is 435 g/mol. The van der Waals surface area contributed by atoms with Gasteiger partial charge in [-0.25, -0.2) is 4.68 Å². The molecule has 2 heterocycles. The van der Waals surface area contributed by atoms with Gasteiger partial charge in [0.2, 0.25) is 11.9 Å². The number of nitrogens with zero attached hydrogens (tertiary/aromatic N) is 3. The fraction of sp³-hybridized carbons (Fsp3) is 0.524. The van der Waals surface area contributed by atoms with Gasteiger partial charge in [0.05, 0.1) is 6.54 Å². The first-order valence-corrected chi connectivity index (χ1v) is 10.0. The van der Waals surface area contributed by atoms with Gasteiger partial charge in [-0.05, 0) is 49.0 Å². The molecular formula is C21H31ClN6O2. The molecule has 1 aromatic heterocycles. The van der Waals surface area contributed by atoms with E-state index in [-0.39, 0.29) is 36.2 Å². The third-order valence-electron chi connectivity index (χ3n) is 5.16. The van der Waals surface area contributed by atoms with Crippen molar-refractivity contribution in [1.82, 2.24) is 25.4 Å². The summed E-state index contributed by atoms with van der Waals surface area (Å²) in [6.07, 6.45) is 1.98. The van der Waals surface area contributed by atoms with E-state index in [2.05, 4.69) is 46.8 Å². The van der Waals surface area contributed by atoms with Gasteiger partial charge in [0.1, 0.15) is 0 Å². The molecule has 2 aromatic rings. The first-order chi connectivity index (χ1) is 13.7. The molecule has 1 aromatic carbocycles. The van der Waals surface area contributed by atoms with E-state index in [0.717, 1.165) is 37.3 Å². The minimum atomic E-state index is -0.336. The van der Waals surface area contributed by atoms with Crippen molar-refractivity contribution in [3.05, 3.63) is 41.2 Å². The smallest absolute Gasteiger partial charge is 0.251 e. The summed E-state index contributed by atoms with van der Waals surface area (Å²) in [6.45, 7) is 8.14. The van der Waals surface area contributed by atoms with Crippen LogP contribution in [0.2, 0.25) is 0 Å². The number of hydrogen-bond donors (Lipinski definition) is 3. The monoisotopic (exact) mass is 434 g/mol. The summed E-state index contributed by atoms with van der Waals surface area (Å²) in [5.41, 5.74) is 1.70. The Balaban J connectivity index is 0.00000320. The van der Waals surface area contributed by atoms with Crippen molar-refractivity contribution >= 4 is 30.2 Å².